The van der Waals surface area contributed by atoms with Gasteiger partial charge >= 0.3 is 0 Å². The minimum Gasteiger partial charge on any atom is -0.379 e. The van der Waals surface area contributed by atoms with Gasteiger partial charge in [0, 0.05) is 12.5 Å². The van der Waals surface area contributed by atoms with Crippen molar-refractivity contribution in [3.8, 4) is 0 Å². The average molecular weight is 711 g/mol. The molecule has 12 nitrogen and oxygen atoms in total. The molecule has 1 aromatic carbocycles. The summed E-state index contributed by atoms with van der Waals surface area (Å²) in [6.07, 6.45) is 4.50. The lowest BCUT2D eigenvalue weighted by Crippen LogP contribution is -2.15. The lowest BCUT2D eigenvalue weighted by Gasteiger charge is -2.09. The summed E-state index contributed by atoms with van der Waals surface area (Å²) >= 11 is 5.66. The van der Waals surface area contributed by atoms with Gasteiger partial charge in [0.05, 0.1) is 152 Å². The van der Waals surface area contributed by atoms with Crippen LogP contribution in [0, 0.1) is 0 Å². The van der Waals surface area contributed by atoms with Crippen molar-refractivity contribution in [2.75, 3.05) is 158 Å². The fourth-order valence-electron chi connectivity index (χ4n) is 3.84. The van der Waals surface area contributed by atoms with Gasteiger partial charge in [0.15, 0.2) is 0 Å². The summed E-state index contributed by atoms with van der Waals surface area (Å²) in [5.74, 6) is 0.743. The Balaban J connectivity index is 1.60. The smallest absolute Gasteiger partial charge is 0.0718 e. The van der Waals surface area contributed by atoms with Crippen LogP contribution in [-0.4, -0.2) is 158 Å². The van der Waals surface area contributed by atoms with Crippen LogP contribution in [0.4, 0.5) is 0 Å². The lowest BCUT2D eigenvalue weighted by molar-refractivity contribution is -0.0285. The van der Waals surface area contributed by atoms with Gasteiger partial charge in [-0.3, -0.25) is 0 Å². The zero-order valence-electron chi connectivity index (χ0n) is 29.2. The molecule has 0 aromatic heterocycles. The van der Waals surface area contributed by atoms with Gasteiger partial charge in [-0.25, -0.2) is 0 Å². The van der Waals surface area contributed by atoms with E-state index in [2.05, 4.69) is 0 Å². The van der Waals surface area contributed by atoms with Gasteiger partial charge in [-0.15, -0.1) is 11.6 Å². The van der Waals surface area contributed by atoms with Gasteiger partial charge in [0.2, 0.25) is 0 Å². The number of unbranched alkanes of at least 4 members (excludes halogenated alkanes) is 3. The highest BCUT2D eigenvalue weighted by Gasteiger charge is 1.97. The summed E-state index contributed by atoms with van der Waals surface area (Å²) in [5, 5.41) is 0. The third kappa shape index (κ3) is 36.3. The summed E-state index contributed by atoms with van der Waals surface area (Å²) in [5.41, 5.74) is 1.16. The largest absolute Gasteiger partial charge is 0.379 e. The van der Waals surface area contributed by atoms with Crippen molar-refractivity contribution in [1.82, 2.24) is 0 Å². The van der Waals surface area contributed by atoms with Crippen LogP contribution in [0.3, 0.4) is 0 Å². The fourth-order valence-corrected chi connectivity index (χ4v) is 4.02. The van der Waals surface area contributed by atoms with Crippen LogP contribution in [-0.2, 0) is 63.4 Å². The molecule has 13 heteroatoms. The van der Waals surface area contributed by atoms with E-state index in [-0.39, 0.29) is 0 Å². The van der Waals surface area contributed by atoms with E-state index in [1.54, 1.807) is 0 Å². The van der Waals surface area contributed by atoms with Crippen molar-refractivity contribution >= 4 is 11.6 Å². The molecule has 282 valence electrons. The zero-order chi connectivity index (χ0) is 34.1. The molecule has 0 heterocycles. The molecular weight excluding hydrogens is 648 g/mol. The van der Waals surface area contributed by atoms with E-state index in [4.69, 9.17) is 68.4 Å². The van der Waals surface area contributed by atoms with E-state index in [1.165, 1.54) is 12.8 Å². The summed E-state index contributed by atoms with van der Waals surface area (Å²) < 4.78 is 66.0. The molecule has 0 N–H and O–H groups in total. The molecule has 0 aliphatic rings. The van der Waals surface area contributed by atoms with Crippen LogP contribution in [0.15, 0.2) is 30.3 Å². The Kier molecular flexibility index (Phi) is 38.0. The molecule has 0 fully saturated rings. The topological polar surface area (TPSA) is 111 Å². The zero-order valence-corrected chi connectivity index (χ0v) is 29.9. The maximum absolute atomic E-state index is 5.66. The third-order valence-electron chi connectivity index (χ3n) is 6.38. The minimum absolute atomic E-state index is 0.513. The van der Waals surface area contributed by atoms with Crippen LogP contribution in [0.1, 0.15) is 31.2 Å². The van der Waals surface area contributed by atoms with Crippen molar-refractivity contribution in [3.05, 3.63) is 35.9 Å². The number of rotatable bonds is 41. The van der Waals surface area contributed by atoms with Gasteiger partial charge in [-0.05, 0) is 18.4 Å². The highest BCUT2D eigenvalue weighted by Crippen LogP contribution is 2.01. The van der Waals surface area contributed by atoms with Gasteiger partial charge in [-0.1, -0.05) is 43.2 Å². The van der Waals surface area contributed by atoms with Crippen molar-refractivity contribution < 1.29 is 56.8 Å². The molecule has 1 rings (SSSR count). The summed E-state index contributed by atoms with van der Waals surface area (Å²) in [7, 11) is 0. The molecule has 1 aromatic rings. The molecule has 48 heavy (non-hydrogen) atoms. The van der Waals surface area contributed by atoms with Crippen molar-refractivity contribution in [3.63, 3.8) is 0 Å². The first-order valence-electron chi connectivity index (χ1n) is 17.5. The molecule has 0 radical (unpaired) electrons. The highest BCUT2D eigenvalue weighted by molar-refractivity contribution is 6.17. The van der Waals surface area contributed by atoms with Crippen LogP contribution >= 0.6 is 11.6 Å². The first-order chi connectivity index (χ1) is 23.9. The summed E-state index contributed by atoms with van der Waals surface area (Å²) in [6.45, 7) is 13.1. The van der Waals surface area contributed by atoms with Crippen LogP contribution in [0.5, 0.6) is 0 Å². The molecule has 0 saturated heterocycles. The first-order valence-corrected chi connectivity index (χ1v) is 18.0. The maximum atomic E-state index is 5.66. The summed E-state index contributed by atoms with van der Waals surface area (Å²) in [6, 6.07) is 10.1. The van der Waals surface area contributed by atoms with Crippen molar-refractivity contribution in [2.24, 2.45) is 0 Å². The van der Waals surface area contributed by atoms with Crippen LogP contribution < -0.4 is 0 Å². The van der Waals surface area contributed by atoms with Crippen molar-refractivity contribution in [1.29, 1.82) is 0 Å². The molecule has 0 aliphatic heterocycles. The molecule has 0 bridgehead atoms. The fraction of sp³-hybridized carbons (Fsp3) is 0.829. The van der Waals surface area contributed by atoms with Crippen molar-refractivity contribution in [2.45, 2.75) is 32.3 Å². The van der Waals surface area contributed by atoms with E-state index in [0.717, 1.165) is 30.9 Å². The van der Waals surface area contributed by atoms with Crippen LogP contribution in [0.2, 0.25) is 0 Å². The number of alkyl halides is 1. The maximum Gasteiger partial charge on any atom is 0.0718 e. The second kappa shape index (κ2) is 40.5. The van der Waals surface area contributed by atoms with Gasteiger partial charge in [0.25, 0.3) is 0 Å². The quantitative estimate of drug-likeness (QED) is 0.0718. The summed E-state index contributed by atoms with van der Waals surface area (Å²) in [4.78, 5) is 0. The molecule has 0 amide bonds. The van der Waals surface area contributed by atoms with E-state index in [1.807, 2.05) is 30.3 Å². The van der Waals surface area contributed by atoms with Gasteiger partial charge in [-0.2, -0.15) is 0 Å². The average Bonchev–Trinajstić information content (AvgIpc) is 3.11. The predicted octanol–water partition coefficient (Wildman–Crippen LogP) is 4.19. The Morgan fingerprint density at radius 2 is 0.562 bits per heavy atom. The van der Waals surface area contributed by atoms with Crippen LogP contribution in [0.25, 0.3) is 0 Å². The van der Waals surface area contributed by atoms with E-state index in [0.29, 0.717) is 152 Å². The van der Waals surface area contributed by atoms with Gasteiger partial charge < -0.3 is 56.8 Å². The van der Waals surface area contributed by atoms with E-state index in [9.17, 15) is 0 Å². The highest BCUT2D eigenvalue weighted by atomic mass is 35.5. The Labute approximate surface area is 294 Å². The third-order valence-corrected chi connectivity index (χ3v) is 6.64. The Morgan fingerprint density at radius 1 is 0.292 bits per heavy atom. The van der Waals surface area contributed by atoms with Gasteiger partial charge in [0.1, 0.15) is 0 Å². The monoisotopic (exact) mass is 710 g/mol. The second-order valence-electron chi connectivity index (χ2n) is 10.4. The molecular formula is C35H63ClO12. The van der Waals surface area contributed by atoms with E-state index < -0.39 is 0 Å². The van der Waals surface area contributed by atoms with E-state index >= 15 is 0 Å². The SMILES string of the molecule is ClCCCCCCOCCOCCOCCOCCOCCOCCOCCOCCOCCOCCOCCOCc1ccccc1. The second-order valence-corrected chi connectivity index (χ2v) is 10.8. The Bertz CT molecular complexity index is 722. The predicted molar refractivity (Wildman–Crippen MR) is 184 cm³/mol. The normalized spacial score (nSPS) is 11.5. The molecule has 0 spiro atoms. The lowest BCUT2D eigenvalue weighted by atomic mass is 10.2. The standard InChI is InChI=1S/C35H63ClO12/c36-10-6-1-2-7-11-37-12-13-38-14-15-39-16-17-40-18-19-41-20-21-42-22-23-43-24-25-44-26-27-45-28-29-46-30-31-47-32-33-48-34-35-8-4-3-5-9-35/h3-5,8-9H,1-2,6-7,10-34H2. The number of hydrogen-bond acceptors (Lipinski definition) is 12. The minimum atomic E-state index is 0.513. The Hall–Kier alpha value is -0.970. The number of ether oxygens (including phenoxy) is 12. The molecule has 0 saturated carbocycles. The molecule has 0 atom stereocenters. The molecule has 0 aliphatic carbocycles. The molecule has 0 unspecified atom stereocenters. The Morgan fingerprint density at radius 3 is 0.875 bits per heavy atom. The number of halogens is 1. The number of hydrogen-bond donors (Lipinski definition) is 0. The first kappa shape index (κ1) is 45.1. The number of benzene rings is 1.